The average Bonchev–Trinajstić information content (AvgIpc) is 2.61. The van der Waals surface area contributed by atoms with E-state index in [0.717, 1.165) is 0 Å². The molecule has 9 nitrogen and oxygen atoms in total. The largest absolute Gasteiger partial charge is 0.480 e. The fourth-order valence-corrected chi connectivity index (χ4v) is 3.37. The maximum atomic E-state index is 12.9. The minimum Gasteiger partial charge on any atom is -0.480 e. The number of hydrogen-bond acceptors (Lipinski definition) is 6. The van der Waals surface area contributed by atoms with E-state index < -0.39 is 24.7 Å². The Morgan fingerprint density at radius 1 is 1.23 bits per heavy atom. The fourth-order valence-electron chi connectivity index (χ4n) is 1.88. The zero-order valence-corrected chi connectivity index (χ0v) is 14.7. The van der Waals surface area contributed by atoms with Crippen LogP contribution in [0.3, 0.4) is 0 Å². The zero-order chi connectivity index (χ0) is 19.2. The first-order valence-electron chi connectivity index (χ1n) is 7.52. The lowest BCUT2D eigenvalue weighted by Crippen LogP contribution is -2.33. The quantitative estimate of drug-likeness (QED) is 0.385. The van der Waals surface area contributed by atoms with Crippen LogP contribution in [-0.4, -0.2) is 22.0 Å². The molecule has 0 radical (unpaired) electrons. The van der Waals surface area contributed by atoms with Crippen molar-refractivity contribution in [2.75, 3.05) is 0 Å². The Hall–Kier alpha value is -2.74. The number of nitrogens with one attached hydrogen (secondary N) is 1. The van der Waals surface area contributed by atoms with Gasteiger partial charge < -0.3 is 9.63 Å². The minimum atomic E-state index is -4.06. The molecule has 2 N–H and O–H groups in total. The van der Waals surface area contributed by atoms with Gasteiger partial charge in [-0.3, -0.25) is 19.4 Å². The summed E-state index contributed by atoms with van der Waals surface area (Å²) in [5, 5.41) is 22.0. The van der Waals surface area contributed by atoms with Crippen molar-refractivity contribution in [3.63, 3.8) is 0 Å². The highest BCUT2D eigenvalue weighted by atomic mass is 31.2. The van der Waals surface area contributed by atoms with Gasteiger partial charge in [0, 0.05) is 12.1 Å². The second kappa shape index (κ2) is 8.57. The molecule has 2 aromatic carbocycles. The Bertz CT molecular complexity index is 811. The summed E-state index contributed by atoms with van der Waals surface area (Å²) in [6.45, 7) is 1.21. The molecule has 0 aliphatic carbocycles. The second-order valence-corrected chi connectivity index (χ2v) is 6.98. The first-order valence-corrected chi connectivity index (χ1v) is 9.06. The highest BCUT2D eigenvalue weighted by Gasteiger charge is 2.31. The molecule has 0 aromatic heterocycles. The van der Waals surface area contributed by atoms with Gasteiger partial charge in [-0.15, -0.1) is 0 Å². The average molecular weight is 380 g/mol. The first kappa shape index (κ1) is 19.6. The molecule has 2 unspecified atom stereocenters. The summed E-state index contributed by atoms with van der Waals surface area (Å²) in [6, 6.07) is 12.5. The molecule has 0 amide bonds. The van der Waals surface area contributed by atoms with Crippen molar-refractivity contribution in [1.82, 2.24) is 5.09 Å². The van der Waals surface area contributed by atoms with E-state index in [1.807, 2.05) is 0 Å². The Morgan fingerprint density at radius 2 is 1.85 bits per heavy atom. The summed E-state index contributed by atoms with van der Waals surface area (Å²) in [5.74, 6) is -1.20. The van der Waals surface area contributed by atoms with Crippen molar-refractivity contribution in [2.24, 2.45) is 0 Å². The summed E-state index contributed by atoms with van der Waals surface area (Å²) < 4.78 is 23.6. The van der Waals surface area contributed by atoms with Crippen LogP contribution in [0.25, 0.3) is 0 Å². The predicted octanol–water partition coefficient (Wildman–Crippen LogP) is 3.36. The van der Waals surface area contributed by atoms with Crippen LogP contribution in [0.2, 0.25) is 0 Å². The van der Waals surface area contributed by atoms with Gasteiger partial charge in [0.05, 0.1) is 11.5 Å². The third-order valence-electron chi connectivity index (χ3n) is 3.24. The number of nitro groups is 1. The van der Waals surface area contributed by atoms with E-state index in [9.17, 15) is 19.5 Å². The number of carbonyl (C=O) groups is 1. The highest BCUT2D eigenvalue weighted by Crippen LogP contribution is 2.45. The number of carboxylic acid groups (broad SMARTS) is 1. The summed E-state index contributed by atoms with van der Waals surface area (Å²) in [5.41, 5.74) is 0.550. The Balaban J connectivity index is 2.17. The Kier molecular flexibility index (Phi) is 6.46. The van der Waals surface area contributed by atoms with Crippen molar-refractivity contribution >= 4 is 19.4 Å². The van der Waals surface area contributed by atoms with Crippen LogP contribution >= 0.6 is 7.75 Å². The maximum Gasteiger partial charge on any atom is 0.459 e. The Labute approximate surface area is 149 Å². The molecule has 0 spiro atoms. The van der Waals surface area contributed by atoms with Gasteiger partial charge in [0.2, 0.25) is 0 Å². The molecule has 0 aliphatic rings. The van der Waals surface area contributed by atoms with Crippen molar-refractivity contribution in [1.29, 1.82) is 0 Å². The number of aliphatic carboxylic acids is 1. The van der Waals surface area contributed by atoms with Crippen molar-refractivity contribution in [3.05, 3.63) is 70.3 Å². The third kappa shape index (κ3) is 5.66. The van der Waals surface area contributed by atoms with E-state index in [-0.39, 0.29) is 18.0 Å². The van der Waals surface area contributed by atoms with Gasteiger partial charge in [-0.2, -0.15) is 5.09 Å². The monoisotopic (exact) mass is 380 g/mol. The molecule has 0 fully saturated rings. The highest BCUT2D eigenvalue weighted by molar-refractivity contribution is 7.52. The molecule has 10 heteroatoms. The molecule has 26 heavy (non-hydrogen) atoms. The van der Waals surface area contributed by atoms with Crippen molar-refractivity contribution in [2.45, 2.75) is 19.6 Å². The predicted molar refractivity (Wildman–Crippen MR) is 92.8 cm³/mol. The van der Waals surface area contributed by atoms with Crippen LogP contribution in [0.4, 0.5) is 5.69 Å². The number of nitrogens with zero attached hydrogens (tertiary/aromatic N) is 1. The minimum absolute atomic E-state index is 0.0390. The molecule has 2 rings (SSSR count). The molecule has 138 valence electrons. The van der Waals surface area contributed by atoms with Gasteiger partial charge in [-0.1, -0.05) is 30.3 Å². The number of benzene rings is 2. The lowest BCUT2D eigenvalue weighted by Gasteiger charge is -2.21. The van der Waals surface area contributed by atoms with Crippen molar-refractivity contribution < 1.29 is 28.4 Å². The van der Waals surface area contributed by atoms with Gasteiger partial charge in [0.25, 0.3) is 5.69 Å². The van der Waals surface area contributed by atoms with Gasteiger partial charge in [-0.05, 0) is 24.6 Å². The molecule has 2 atom stereocenters. The normalized spacial score (nSPS) is 14.2. The maximum absolute atomic E-state index is 12.9. The summed E-state index contributed by atoms with van der Waals surface area (Å²) in [7, 11) is -4.06. The number of carboxylic acids is 1. The molecule has 0 saturated carbocycles. The van der Waals surface area contributed by atoms with E-state index in [0.29, 0.717) is 5.56 Å². The molecule has 0 bridgehead atoms. The van der Waals surface area contributed by atoms with Crippen LogP contribution in [0.15, 0.2) is 54.6 Å². The van der Waals surface area contributed by atoms with E-state index in [1.165, 1.54) is 31.2 Å². The van der Waals surface area contributed by atoms with Gasteiger partial charge in [0.15, 0.2) is 0 Å². The molecular formula is C16H17N2O7P. The second-order valence-electron chi connectivity index (χ2n) is 5.29. The van der Waals surface area contributed by atoms with Crippen LogP contribution in [0.5, 0.6) is 5.75 Å². The van der Waals surface area contributed by atoms with E-state index in [1.54, 1.807) is 30.3 Å². The van der Waals surface area contributed by atoms with Gasteiger partial charge in [-0.25, -0.2) is 4.57 Å². The molecule has 0 heterocycles. The van der Waals surface area contributed by atoms with Gasteiger partial charge >= 0.3 is 13.7 Å². The smallest absolute Gasteiger partial charge is 0.459 e. The summed E-state index contributed by atoms with van der Waals surface area (Å²) in [6.07, 6.45) is 0. The molecule has 0 aliphatic heterocycles. The van der Waals surface area contributed by atoms with Crippen LogP contribution in [0.1, 0.15) is 12.5 Å². The van der Waals surface area contributed by atoms with Crippen molar-refractivity contribution in [3.8, 4) is 5.75 Å². The molecule has 2 aromatic rings. The van der Waals surface area contributed by atoms with Crippen LogP contribution in [-0.2, 0) is 20.5 Å². The summed E-state index contributed by atoms with van der Waals surface area (Å²) >= 11 is 0. The molecule has 0 saturated heterocycles. The lowest BCUT2D eigenvalue weighted by molar-refractivity contribution is -0.384. The van der Waals surface area contributed by atoms with E-state index in [2.05, 4.69) is 5.09 Å². The van der Waals surface area contributed by atoms with Gasteiger partial charge in [0.1, 0.15) is 11.8 Å². The summed E-state index contributed by atoms with van der Waals surface area (Å²) in [4.78, 5) is 21.2. The van der Waals surface area contributed by atoms with E-state index >= 15 is 0 Å². The standard InChI is InChI=1S/C16H17N2O7P/c1-12(16(19)20)17-26(23,24-11-13-5-3-2-4-6-13)25-15-9-7-14(8-10-15)18(21)22/h2-10,12H,11H2,1H3,(H,17,23)(H,19,20). The lowest BCUT2D eigenvalue weighted by atomic mass is 10.2. The Morgan fingerprint density at radius 3 is 2.38 bits per heavy atom. The molecular weight excluding hydrogens is 363 g/mol. The first-order chi connectivity index (χ1) is 12.3. The third-order valence-corrected chi connectivity index (χ3v) is 4.86. The number of nitro benzene ring substituents is 1. The number of hydrogen-bond donors (Lipinski definition) is 2. The zero-order valence-electron chi connectivity index (χ0n) is 13.8. The number of non-ortho nitro benzene ring substituents is 1. The SMILES string of the molecule is CC(NP(=O)(OCc1ccccc1)Oc1ccc([N+](=O)[O-])cc1)C(=O)O. The van der Waals surface area contributed by atoms with Crippen LogP contribution in [0, 0.1) is 10.1 Å². The fraction of sp³-hybridized carbons (Fsp3) is 0.188. The van der Waals surface area contributed by atoms with Crippen LogP contribution < -0.4 is 9.61 Å². The van der Waals surface area contributed by atoms with E-state index in [4.69, 9.17) is 14.2 Å². The number of rotatable bonds is 9. The topological polar surface area (TPSA) is 128 Å².